The maximum atomic E-state index is 14.0. The highest BCUT2D eigenvalue weighted by Crippen LogP contribution is 2.45. The molecule has 0 radical (unpaired) electrons. The van der Waals surface area contributed by atoms with Gasteiger partial charge in [0.25, 0.3) is 0 Å². The Bertz CT molecular complexity index is 1730. The summed E-state index contributed by atoms with van der Waals surface area (Å²) in [5, 5.41) is 1.17. The summed E-state index contributed by atoms with van der Waals surface area (Å²) >= 11 is 1.57. The predicted octanol–water partition coefficient (Wildman–Crippen LogP) is 4.44. The number of anilines is 2. The van der Waals surface area contributed by atoms with Gasteiger partial charge in [-0.25, -0.2) is 9.97 Å². The topological polar surface area (TPSA) is 108 Å². The summed E-state index contributed by atoms with van der Waals surface area (Å²) in [6.07, 6.45) is 1.66. The van der Waals surface area contributed by atoms with Crippen LogP contribution in [0.2, 0.25) is 0 Å². The van der Waals surface area contributed by atoms with Crippen molar-refractivity contribution in [2.75, 3.05) is 30.8 Å². The summed E-state index contributed by atoms with van der Waals surface area (Å²) in [6, 6.07) is 10.6. The number of thioether (sulfide) groups is 1. The molecule has 6 heterocycles. The smallest absolute Gasteiger partial charge is 0.481 e. The number of aromatic nitrogens is 3. The Morgan fingerprint density at radius 1 is 1.17 bits per heavy atom. The average Bonchev–Trinajstić information content (AvgIpc) is 3.27. The number of benzene rings is 1. The van der Waals surface area contributed by atoms with Crippen molar-refractivity contribution in [3.8, 4) is 17.4 Å². The fourth-order valence-corrected chi connectivity index (χ4v) is 6.85. The molecule has 2 N–H and O–H groups in total. The van der Waals surface area contributed by atoms with Crippen molar-refractivity contribution in [3.05, 3.63) is 70.1 Å². The summed E-state index contributed by atoms with van der Waals surface area (Å²) in [5.41, 5.74) is 8.82. The Kier molecular flexibility index (Phi) is 6.58. The monoisotopic (exact) mass is 594 g/mol. The number of rotatable bonds is 7. The summed E-state index contributed by atoms with van der Waals surface area (Å²) in [5.74, 6) is 1.39. The molecule has 4 aromatic rings. The van der Waals surface area contributed by atoms with Gasteiger partial charge >= 0.3 is 6.29 Å². The van der Waals surface area contributed by atoms with E-state index in [1.807, 2.05) is 22.8 Å². The van der Waals surface area contributed by atoms with Crippen LogP contribution in [0.4, 0.5) is 20.3 Å². The van der Waals surface area contributed by atoms with Gasteiger partial charge in [-0.05, 0) is 42.7 Å². The van der Waals surface area contributed by atoms with Crippen molar-refractivity contribution in [3.63, 3.8) is 0 Å². The summed E-state index contributed by atoms with van der Waals surface area (Å²) in [7, 11) is 1.58. The van der Waals surface area contributed by atoms with Crippen molar-refractivity contribution < 1.29 is 23.0 Å². The number of nitrogens with two attached hydrogens (primary N) is 1. The van der Waals surface area contributed by atoms with Gasteiger partial charge in [0.05, 0.1) is 40.8 Å². The standard InChI is InChI=1S/C29H28F2N6O4S/c1-39-26-9-17(6-7-33-26)13-36(19-3-2-8-35(14-19)18-4-5-25(32)34-12-18)15-21-27(38)20-10-23-24(41-29(30,31)40-23)11-22(20)37-16-42-28(21)37/h4-7,9-12,19H,2-3,8,13-16H2,1H3,(H2,32,34)/t19-/m0/s1. The van der Waals surface area contributed by atoms with E-state index in [0.717, 1.165) is 42.2 Å². The normalized spacial score (nSPS) is 18.7. The molecular weight excluding hydrogens is 566 g/mol. The lowest BCUT2D eigenvalue weighted by atomic mass is 10.0. The molecule has 1 saturated heterocycles. The molecule has 10 nitrogen and oxygen atoms in total. The quantitative estimate of drug-likeness (QED) is 0.330. The molecular formula is C29H28F2N6O4S. The lowest BCUT2D eigenvalue weighted by Gasteiger charge is -2.41. The highest BCUT2D eigenvalue weighted by Gasteiger charge is 2.44. The van der Waals surface area contributed by atoms with E-state index in [1.165, 1.54) is 12.1 Å². The number of pyridine rings is 3. The lowest BCUT2D eigenvalue weighted by Crippen LogP contribution is -2.48. The summed E-state index contributed by atoms with van der Waals surface area (Å²) in [4.78, 5) is 27.1. The van der Waals surface area contributed by atoms with Crippen LogP contribution in [0.3, 0.4) is 0 Å². The van der Waals surface area contributed by atoms with E-state index in [9.17, 15) is 13.6 Å². The molecule has 0 amide bonds. The number of ether oxygens (including phenoxy) is 3. The van der Waals surface area contributed by atoms with E-state index in [0.29, 0.717) is 47.1 Å². The molecule has 1 atom stereocenters. The average molecular weight is 595 g/mol. The van der Waals surface area contributed by atoms with E-state index < -0.39 is 6.29 Å². The van der Waals surface area contributed by atoms with Crippen LogP contribution in [-0.4, -0.2) is 52.0 Å². The number of nitrogen functional groups attached to an aromatic ring is 1. The number of piperidine rings is 1. The molecule has 3 aliphatic rings. The Balaban J connectivity index is 1.26. The molecule has 3 aromatic heterocycles. The summed E-state index contributed by atoms with van der Waals surface area (Å²) in [6.45, 7) is 2.57. The van der Waals surface area contributed by atoms with Gasteiger partial charge in [-0.15, -0.1) is 8.78 Å². The third-order valence-electron chi connectivity index (χ3n) is 7.97. The minimum Gasteiger partial charge on any atom is -0.481 e. The van der Waals surface area contributed by atoms with Gasteiger partial charge in [0, 0.05) is 56.1 Å². The number of hydrogen-bond acceptors (Lipinski definition) is 10. The van der Waals surface area contributed by atoms with E-state index in [-0.39, 0.29) is 23.0 Å². The summed E-state index contributed by atoms with van der Waals surface area (Å²) < 4.78 is 44.3. The van der Waals surface area contributed by atoms with Gasteiger partial charge < -0.3 is 29.4 Å². The molecule has 1 fully saturated rings. The van der Waals surface area contributed by atoms with Crippen LogP contribution >= 0.6 is 11.8 Å². The lowest BCUT2D eigenvalue weighted by molar-refractivity contribution is -0.286. The predicted molar refractivity (Wildman–Crippen MR) is 154 cm³/mol. The van der Waals surface area contributed by atoms with E-state index >= 15 is 0 Å². The molecule has 0 unspecified atom stereocenters. The van der Waals surface area contributed by atoms with Crippen LogP contribution in [0.15, 0.2) is 58.6 Å². The van der Waals surface area contributed by atoms with Gasteiger partial charge in [0.1, 0.15) is 5.82 Å². The minimum atomic E-state index is -3.76. The third-order valence-corrected chi connectivity index (χ3v) is 9.09. The Morgan fingerprint density at radius 3 is 2.74 bits per heavy atom. The number of hydrogen-bond donors (Lipinski definition) is 1. The molecule has 3 aliphatic heterocycles. The van der Waals surface area contributed by atoms with Gasteiger partial charge in [0.15, 0.2) is 16.9 Å². The fraction of sp³-hybridized carbons (Fsp3) is 0.345. The third kappa shape index (κ3) is 4.86. The first-order chi connectivity index (χ1) is 20.3. The van der Waals surface area contributed by atoms with Gasteiger partial charge in [-0.2, -0.15) is 0 Å². The van der Waals surface area contributed by atoms with E-state index in [4.69, 9.17) is 10.5 Å². The molecule has 7 rings (SSSR count). The van der Waals surface area contributed by atoms with Gasteiger partial charge in [0.2, 0.25) is 5.88 Å². The van der Waals surface area contributed by atoms with Crippen molar-refractivity contribution in [2.24, 2.45) is 0 Å². The first-order valence-corrected chi connectivity index (χ1v) is 14.6. The zero-order valence-corrected chi connectivity index (χ0v) is 23.6. The molecule has 0 spiro atoms. The van der Waals surface area contributed by atoms with Gasteiger partial charge in [-0.1, -0.05) is 11.8 Å². The highest BCUT2D eigenvalue weighted by atomic mass is 32.2. The van der Waals surface area contributed by atoms with Crippen LogP contribution in [0.25, 0.3) is 10.9 Å². The second kappa shape index (κ2) is 10.3. The highest BCUT2D eigenvalue weighted by molar-refractivity contribution is 7.99. The first kappa shape index (κ1) is 26.8. The molecule has 0 aliphatic carbocycles. The zero-order valence-electron chi connectivity index (χ0n) is 22.8. The number of fused-ring (bicyclic) bond motifs is 4. The van der Waals surface area contributed by atoms with Crippen molar-refractivity contribution in [1.29, 1.82) is 0 Å². The maximum Gasteiger partial charge on any atom is 0.586 e. The van der Waals surface area contributed by atoms with Gasteiger partial charge in [-0.3, -0.25) is 9.69 Å². The molecule has 0 saturated carbocycles. The van der Waals surface area contributed by atoms with E-state index in [1.54, 1.807) is 37.3 Å². The zero-order chi connectivity index (χ0) is 29.0. The molecule has 1 aromatic carbocycles. The van der Waals surface area contributed by atoms with E-state index in [2.05, 4.69) is 29.2 Å². The molecule has 42 heavy (non-hydrogen) atoms. The maximum absolute atomic E-state index is 14.0. The number of alkyl halides is 2. The second-order valence-corrected chi connectivity index (χ2v) is 11.5. The number of nitrogens with zero attached hydrogens (tertiary/aromatic N) is 5. The molecule has 218 valence electrons. The van der Waals surface area contributed by atoms with Crippen LogP contribution in [-0.2, 0) is 19.0 Å². The Hall–Kier alpha value is -4.10. The second-order valence-electron chi connectivity index (χ2n) is 10.6. The van der Waals surface area contributed by atoms with Crippen molar-refractivity contribution >= 4 is 34.2 Å². The Labute approximate surface area is 244 Å². The van der Waals surface area contributed by atoms with Crippen LogP contribution < -0.4 is 30.3 Å². The Morgan fingerprint density at radius 2 is 2.00 bits per heavy atom. The first-order valence-electron chi connectivity index (χ1n) is 13.6. The molecule has 13 heteroatoms. The largest absolute Gasteiger partial charge is 0.586 e. The molecule has 0 bridgehead atoms. The van der Waals surface area contributed by atoms with Crippen molar-refractivity contribution in [1.82, 2.24) is 19.4 Å². The van der Waals surface area contributed by atoms with Crippen molar-refractivity contribution in [2.45, 2.75) is 49.2 Å². The van der Waals surface area contributed by atoms with Crippen LogP contribution in [0.5, 0.6) is 17.4 Å². The SMILES string of the molecule is COc1cc(CN(Cc2c3n(c4cc5c(cc4c2=O)OC(F)(F)O5)CS3)[C@H]2CCCN(c3ccc(N)nc3)C2)ccn1. The number of halogens is 2. The fourth-order valence-electron chi connectivity index (χ4n) is 5.90. The minimum absolute atomic E-state index is 0.0704. The number of methoxy groups -OCH3 is 1. The van der Waals surface area contributed by atoms with Crippen LogP contribution in [0, 0.1) is 0 Å². The van der Waals surface area contributed by atoms with Crippen LogP contribution in [0.1, 0.15) is 24.0 Å².